The molecular weight excluding hydrogens is 355 g/mol. The van der Waals surface area contributed by atoms with Crippen molar-refractivity contribution in [1.29, 1.82) is 0 Å². The molecule has 0 heterocycles. The fourth-order valence-electron chi connectivity index (χ4n) is 3.84. The van der Waals surface area contributed by atoms with Gasteiger partial charge in [0.15, 0.2) is 0 Å². The minimum absolute atomic E-state index is 0.118. The van der Waals surface area contributed by atoms with E-state index in [1.54, 1.807) is 7.11 Å². The number of methoxy groups -OCH3 is 2. The van der Waals surface area contributed by atoms with E-state index >= 15 is 0 Å². The summed E-state index contributed by atoms with van der Waals surface area (Å²) in [4.78, 5) is 11.3. The van der Waals surface area contributed by atoms with Gasteiger partial charge in [-0.15, -0.1) is 0 Å². The van der Waals surface area contributed by atoms with Crippen molar-refractivity contribution in [1.82, 2.24) is 0 Å². The third-order valence-electron chi connectivity index (χ3n) is 5.46. The first-order chi connectivity index (χ1) is 13.4. The Balaban J connectivity index is 2.31. The Bertz CT molecular complexity index is 796. The zero-order chi connectivity index (χ0) is 20.7. The number of esters is 1. The van der Waals surface area contributed by atoms with Crippen molar-refractivity contribution in [3.05, 3.63) is 64.0 Å². The number of benzene rings is 2. The predicted molar refractivity (Wildman–Crippen MR) is 111 cm³/mol. The molecule has 0 fully saturated rings. The molecule has 0 spiro atoms. The molecule has 0 aliphatic carbocycles. The third-order valence-corrected chi connectivity index (χ3v) is 5.46. The van der Waals surface area contributed by atoms with Crippen LogP contribution in [0.15, 0.2) is 30.3 Å². The fourth-order valence-corrected chi connectivity index (χ4v) is 3.84. The summed E-state index contributed by atoms with van der Waals surface area (Å²) in [5.41, 5.74) is 5.78. The molecule has 28 heavy (non-hydrogen) atoms. The van der Waals surface area contributed by atoms with Crippen molar-refractivity contribution in [2.45, 2.75) is 58.8 Å². The van der Waals surface area contributed by atoms with Crippen molar-refractivity contribution in [2.24, 2.45) is 0 Å². The van der Waals surface area contributed by atoms with Crippen LogP contribution in [0.3, 0.4) is 0 Å². The van der Waals surface area contributed by atoms with Gasteiger partial charge in [0.2, 0.25) is 0 Å². The predicted octanol–water partition coefficient (Wildman–Crippen LogP) is 6.01. The van der Waals surface area contributed by atoms with Crippen LogP contribution in [0.2, 0.25) is 0 Å². The maximum Gasteiger partial charge on any atom is 0.305 e. The van der Waals surface area contributed by atoms with Gasteiger partial charge in [-0.05, 0) is 68.0 Å². The van der Waals surface area contributed by atoms with Gasteiger partial charge in [-0.3, -0.25) is 4.79 Å². The van der Waals surface area contributed by atoms with Crippen LogP contribution < -0.4 is 4.74 Å². The van der Waals surface area contributed by atoms with Gasteiger partial charge in [-0.2, -0.15) is 0 Å². The minimum Gasteiger partial charge on any atom is -0.496 e. The molecule has 0 saturated carbocycles. The van der Waals surface area contributed by atoms with Gasteiger partial charge in [-0.1, -0.05) is 31.0 Å². The van der Waals surface area contributed by atoms with Crippen molar-refractivity contribution < 1.29 is 18.7 Å². The molecule has 1 unspecified atom stereocenters. The van der Waals surface area contributed by atoms with E-state index in [0.29, 0.717) is 6.42 Å². The van der Waals surface area contributed by atoms with E-state index in [4.69, 9.17) is 9.47 Å². The highest BCUT2D eigenvalue weighted by molar-refractivity contribution is 5.68. The Morgan fingerprint density at radius 3 is 2.29 bits per heavy atom. The van der Waals surface area contributed by atoms with Gasteiger partial charge in [0, 0.05) is 17.9 Å². The summed E-state index contributed by atoms with van der Waals surface area (Å²) >= 11 is 0. The number of hydrogen-bond donors (Lipinski definition) is 0. The van der Waals surface area contributed by atoms with E-state index in [0.717, 1.165) is 42.6 Å². The molecule has 3 nitrogen and oxygen atoms in total. The Kier molecular flexibility index (Phi) is 8.04. The molecule has 4 heteroatoms. The van der Waals surface area contributed by atoms with Crippen LogP contribution >= 0.6 is 0 Å². The SMILES string of the molecule is COC(=O)CCCCCC(c1ccc(F)cc1)c1c(C)cc(C)c(C)c1OC. The number of halogens is 1. The molecule has 0 bridgehead atoms. The average Bonchev–Trinajstić information content (AvgIpc) is 2.68. The summed E-state index contributed by atoms with van der Waals surface area (Å²) in [6.07, 6.45) is 4.08. The van der Waals surface area contributed by atoms with E-state index in [1.165, 1.54) is 35.9 Å². The standard InChI is InChI=1S/C24H31FO3/c1-16-15-17(2)23(24(28-5)18(16)3)21(19-11-13-20(25)14-12-19)9-7-6-8-10-22(26)27-4/h11-15,21H,6-10H2,1-5H3. The number of rotatable bonds is 9. The first-order valence-electron chi connectivity index (χ1n) is 9.86. The lowest BCUT2D eigenvalue weighted by Crippen LogP contribution is -2.08. The summed E-state index contributed by atoms with van der Waals surface area (Å²) in [6, 6.07) is 8.96. The number of unbranched alkanes of at least 4 members (excludes halogenated alkanes) is 2. The summed E-state index contributed by atoms with van der Waals surface area (Å²) in [6.45, 7) is 6.28. The molecular formula is C24H31FO3. The van der Waals surface area contributed by atoms with E-state index in [9.17, 15) is 9.18 Å². The lowest BCUT2D eigenvalue weighted by atomic mass is 9.82. The maximum atomic E-state index is 13.5. The molecule has 2 rings (SSSR count). The van der Waals surface area contributed by atoms with Gasteiger partial charge < -0.3 is 9.47 Å². The molecule has 0 radical (unpaired) electrons. The molecule has 0 aliphatic heterocycles. The van der Waals surface area contributed by atoms with Crippen molar-refractivity contribution in [3.63, 3.8) is 0 Å². The topological polar surface area (TPSA) is 35.5 Å². The highest BCUT2D eigenvalue weighted by Gasteiger charge is 2.23. The smallest absolute Gasteiger partial charge is 0.305 e. The van der Waals surface area contributed by atoms with Crippen LogP contribution in [0.25, 0.3) is 0 Å². The van der Waals surface area contributed by atoms with E-state index in [2.05, 4.69) is 26.8 Å². The third kappa shape index (κ3) is 5.34. The maximum absolute atomic E-state index is 13.5. The van der Waals surface area contributed by atoms with Gasteiger partial charge >= 0.3 is 5.97 Å². The summed E-state index contributed by atoms with van der Waals surface area (Å²) in [5.74, 6) is 0.639. The van der Waals surface area contributed by atoms with Crippen molar-refractivity contribution >= 4 is 5.97 Å². The minimum atomic E-state index is -0.232. The van der Waals surface area contributed by atoms with Gasteiger partial charge in [-0.25, -0.2) is 4.39 Å². The molecule has 2 aromatic rings. The van der Waals surface area contributed by atoms with Crippen LogP contribution in [0.4, 0.5) is 4.39 Å². The lowest BCUT2D eigenvalue weighted by molar-refractivity contribution is -0.140. The first-order valence-corrected chi connectivity index (χ1v) is 9.86. The Labute approximate surface area is 167 Å². The Morgan fingerprint density at radius 1 is 1.00 bits per heavy atom. The summed E-state index contributed by atoms with van der Waals surface area (Å²) in [7, 11) is 3.13. The van der Waals surface area contributed by atoms with Crippen LogP contribution in [0, 0.1) is 26.6 Å². The quantitative estimate of drug-likeness (QED) is 0.391. The van der Waals surface area contributed by atoms with Crippen LogP contribution in [-0.2, 0) is 9.53 Å². The second kappa shape index (κ2) is 10.3. The molecule has 2 aromatic carbocycles. The van der Waals surface area contributed by atoms with Crippen molar-refractivity contribution in [3.8, 4) is 5.75 Å². The van der Waals surface area contributed by atoms with Crippen LogP contribution in [0.5, 0.6) is 5.75 Å². The van der Waals surface area contributed by atoms with E-state index < -0.39 is 0 Å². The second-order valence-corrected chi connectivity index (χ2v) is 7.36. The Morgan fingerprint density at radius 2 is 1.68 bits per heavy atom. The number of carbonyl (C=O) groups is 1. The fraction of sp³-hybridized carbons (Fsp3) is 0.458. The normalized spacial score (nSPS) is 11.9. The largest absolute Gasteiger partial charge is 0.496 e. The molecule has 0 saturated heterocycles. The van der Waals surface area contributed by atoms with Crippen LogP contribution in [0.1, 0.15) is 65.8 Å². The molecule has 152 valence electrons. The second-order valence-electron chi connectivity index (χ2n) is 7.36. The van der Waals surface area contributed by atoms with E-state index in [-0.39, 0.29) is 17.7 Å². The zero-order valence-electron chi connectivity index (χ0n) is 17.6. The first kappa shape index (κ1) is 21.9. The lowest BCUT2D eigenvalue weighted by Gasteiger charge is -2.25. The highest BCUT2D eigenvalue weighted by atomic mass is 19.1. The molecule has 0 amide bonds. The number of carbonyl (C=O) groups excluding carboxylic acids is 1. The molecule has 0 aromatic heterocycles. The Hall–Kier alpha value is -2.36. The monoisotopic (exact) mass is 386 g/mol. The number of ether oxygens (including phenoxy) is 2. The van der Waals surface area contributed by atoms with Gasteiger partial charge in [0.25, 0.3) is 0 Å². The number of hydrogen-bond acceptors (Lipinski definition) is 3. The van der Waals surface area contributed by atoms with Crippen molar-refractivity contribution in [2.75, 3.05) is 14.2 Å². The zero-order valence-corrected chi connectivity index (χ0v) is 17.6. The average molecular weight is 387 g/mol. The molecule has 1 atom stereocenters. The number of aryl methyl sites for hydroxylation is 2. The van der Waals surface area contributed by atoms with Gasteiger partial charge in [0.1, 0.15) is 11.6 Å². The highest BCUT2D eigenvalue weighted by Crippen LogP contribution is 2.41. The van der Waals surface area contributed by atoms with Gasteiger partial charge in [0.05, 0.1) is 14.2 Å². The molecule has 0 aliphatic rings. The molecule has 0 N–H and O–H groups in total. The summed E-state index contributed by atoms with van der Waals surface area (Å²) < 4.78 is 24.0. The van der Waals surface area contributed by atoms with Crippen LogP contribution in [-0.4, -0.2) is 20.2 Å². The van der Waals surface area contributed by atoms with E-state index in [1.807, 2.05) is 12.1 Å². The summed E-state index contributed by atoms with van der Waals surface area (Å²) in [5, 5.41) is 0.